The fourth-order valence-electron chi connectivity index (χ4n) is 2.71. The van der Waals surface area contributed by atoms with E-state index in [2.05, 4.69) is 5.32 Å². The first kappa shape index (κ1) is 20.9. The normalized spacial score (nSPS) is 10.5. The molecule has 0 radical (unpaired) electrons. The summed E-state index contributed by atoms with van der Waals surface area (Å²) in [5, 5.41) is 3.50. The minimum absolute atomic E-state index is 0.0591. The molecule has 2 aromatic carbocycles. The summed E-state index contributed by atoms with van der Waals surface area (Å²) in [5.41, 5.74) is 2.01. The van der Waals surface area contributed by atoms with Crippen LogP contribution < -0.4 is 5.32 Å². The van der Waals surface area contributed by atoms with E-state index in [0.29, 0.717) is 37.5 Å². The summed E-state index contributed by atoms with van der Waals surface area (Å²) < 4.78 is 12.9. The average molecular weight is 391 g/mol. The van der Waals surface area contributed by atoms with E-state index in [4.69, 9.17) is 11.6 Å². The molecule has 144 valence electrons. The topological polar surface area (TPSA) is 49.4 Å². The summed E-state index contributed by atoms with van der Waals surface area (Å²) >= 11 is 5.97. The highest BCUT2D eigenvalue weighted by atomic mass is 35.5. The van der Waals surface area contributed by atoms with Crippen LogP contribution in [0.5, 0.6) is 0 Å². The van der Waals surface area contributed by atoms with Gasteiger partial charge < -0.3 is 10.2 Å². The molecule has 0 atom stereocenters. The highest BCUT2D eigenvalue weighted by molar-refractivity contribution is 6.30. The number of amides is 2. The lowest BCUT2D eigenvalue weighted by Crippen LogP contribution is -2.35. The Labute approximate surface area is 164 Å². The molecule has 0 saturated carbocycles. The SMILES string of the molecule is CC(=O)N(CCC(=O)NCCc1ccc(F)cc1)CCc1cccc(Cl)c1. The molecule has 0 saturated heterocycles. The quantitative estimate of drug-likeness (QED) is 0.711. The predicted octanol–water partition coefficient (Wildman–Crippen LogP) is 3.62. The fourth-order valence-corrected chi connectivity index (χ4v) is 2.92. The molecule has 0 bridgehead atoms. The molecule has 4 nitrogen and oxygen atoms in total. The highest BCUT2D eigenvalue weighted by Crippen LogP contribution is 2.11. The van der Waals surface area contributed by atoms with E-state index in [1.54, 1.807) is 17.0 Å². The molecule has 1 N–H and O–H groups in total. The molecule has 0 spiro atoms. The van der Waals surface area contributed by atoms with Gasteiger partial charge in [0.15, 0.2) is 0 Å². The molecule has 0 aliphatic heterocycles. The van der Waals surface area contributed by atoms with Crippen LogP contribution in [-0.2, 0) is 22.4 Å². The van der Waals surface area contributed by atoms with Crippen molar-refractivity contribution in [3.63, 3.8) is 0 Å². The molecule has 27 heavy (non-hydrogen) atoms. The van der Waals surface area contributed by atoms with Gasteiger partial charge in [0, 0.05) is 38.0 Å². The van der Waals surface area contributed by atoms with E-state index >= 15 is 0 Å². The van der Waals surface area contributed by atoms with E-state index in [9.17, 15) is 14.0 Å². The first-order valence-corrected chi connectivity index (χ1v) is 9.33. The van der Waals surface area contributed by atoms with Crippen molar-refractivity contribution in [3.05, 3.63) is 70.5 Å². The number of halogens is 2. The second kappa shape index (κ2) is 10.7. The van der Waals surface area contributed by atoms with Gasteiger partial charge in [-0.15, -0.1) is 0 Å². The van der Waals surface area contributed by atoms with Crippen LogP contribution in [0.25, 0.3) is 0 Å². The van der Waals surface area contributed by atoms with Crippen molar-refractivity contribution in [1.82, 2.24) is 10.2 Å². The van der Waals surface area contributed by atoms with Gasteiger partial charge in [0.25, 0.3) is 0 Å². The Balaban J connectivity index is 1.71. The fraction of sp³-hybridized carbons (Fsp3) is 0.333. The number of carbonyl (C=O) groups is 2. The van der Waals surface area contributed by atoms with Crippen LogP contribution in [0.3, 0.4) is 0 Å². The maximum absolute atomic E-state index is 12.9. The molecule has 0 heterocycles. The molecule has 2 aromatic rings. The van der Waals surface area contributed by atoms with Crippen molar-refractivity contribution >= 4 is 23.4 Å². The smallest absolute Gasteiger partial charge is 0.221 e. The minimum Gasteiger partial charge on any atom is -0.356 e. The summed E-state index contributed by atoms with van der Waals surface area (Å²) in [6.07, 6.45) is 1.57. The van der Waals surface area contributed by atoms with Crippen LogP contribution in [0.2, 0.25) is 5.02 Å². The molecule has 0 aliphatic carbocycles. The van der Waals surface area contributed by atoms with Crippen molar-refractivity contribution in [2.75, 3.05) is 19.6 Å². The third-order valence-electron chi connectivity index (χ3n) is 4.26. The largest absolute Gasteiger partial charge is 0.356 e. The number of benzene rings is 2. The lowest BCUT2D eigenvalue weighted by Gasteiger charge is -2.21. The van der Waals surface area contributed by atoms with Gasteiger partial charge in [-0.3, -0.25) is 9.59 Å². The molecule has 0 unspecified atom stereocenters. The van der Waals surface area contributed by atoms with Crippen LogP contribution in [0, 0.1) is 5.82 Å². The maximum Gasteiger partial charge on any atom is 0.221 e. The van der Waals surface area contributed by atoms with E-state index in [1.807, 2.05) is 24.3 Å². The minimum atomic E-state index is -0.273. The lowest BCUT2D eigenvalue weighted by atomic mass is 10.1. The van der Waals surface area contributed by atoms with Crippen LogP contribution in [0.4, 0.5) is 4.39 Å². The third-order valence-corrected chi connectivity index (χ3v) is 4.50. The monoisotopic (exact) mass is 390 g/mol. The summed E-state index contributed by atoms with van der Waals surface area (Å²) in [4.78, 5) is 25.5. The number of nitrogens with one attached hydrogen (secondary N) is 1. The number of rotatable bonds is 9. The summed E-state index contributed by atoms with van der Waals surface area (Å²) in [6.45, 7) is 2.90. The van der Waals surface area contributed by atoms with E-state index in [1.165, 1.54) is 19.1 Å². The Morgan fingerprint density at radius 1 is 1.04 bits per heavy atom. The van der Waals surface area contributed by atoms with Gasteiger partial charge in [0.2, 0.25) is 11.8 Å². The first-order valence-electron chi connectivity index (χ1n) is 8.95. The number of hydrogen-bond donors (Lipinski definition) is 1. The number of hydrogen-bond acceptors (Lipinski definition) is 2. The summed E-state index contributed by atoms with van der Waals surface area (Å²) in [7, 11) is 0. The van der Waals surface area contributed by atoms with Gasteiger partial charge in [-0.25, -0.2) is 4.39 Å². The van der Waals surface area contributed by atoms with Crippen molar-refractivity contribution in [2.24, 2.45) is 0 Å². The van der Waals surface area contributed by atoms with E-state index < -0.39 is 0 Å². The average Bonchev–Trinajstić information content (AvgIpc) is 2.63. The van der Waals surface area contributed by atoms with Gasteiger partial charge in [-0.05, 0) is 48.2 Å². The van der Waals surface area contributed by atoms with Crippen LogP contribution in [0.1, 0.15) is 24.5 Å². The molecule has 0 aliphatic rings. The molecule has 6 heteroatoms. The summed E-state index contributed by atoms with van der Waals surface area (Å²) in [6, 6.07) is 13.7. The number of carbonyl (C=O) groups excluding carboxylic acids is 2. The zero-order valence-electron chi connectivity index (χ0n) is 15.4. The molecule has 2 amide bonds. The molecule has 2 rings (SSSR count). The standard InChI is InChI=1S/C21H24ClFN2O2/c1-16(26)25(13-10-18-3-2-4-19(22)15-18)14-11-21(27)24-12-9-17-5-7-20(23)8-6-17/h2-8,15H,9-14H2,1H3,(H,24,27). The highest BCUT2D eigenvalue weighted by Gasteiger charge is 2.11. The lowest BCUT2D eigenvalue weighted by molar-refractivity contribution is -0.129. The maximum atomic E-state index is 12.9. The van der Waals surface area contributed by atoms with Crippen LogP contribution >= 0.6 is 11.6 Å². The second-order valence-corrected chi connectivity index (χ2v) is 6.80. The molecular weight excluding hydrogens is 367 g/mol. The van der Waals surface area contributed by atoms with Crippen molar-refractivity contribution < 1.29 is 14.0 Å². The van der Waals surface area contributed by atoms with Gasteiger partial charge >= 0.3 is 0 Å². The van der Waals surface area contributed by atoms with E-state index in [0.717, 1.165) is 11.1 Å². The Morgan fingerprint density at radius 3 is 2.44 bits per heavy atom. The zero-order valence-corrected chi connectivity index (χ0v) is 16.1. The van der Waals surface area contributed by atoms with Crippen molar-refractivity contribution in [3.8, 4) is 0 Å². The molecule has 0 fully saturated rings. The van der Waals surface area contributed by atoms with Gasteiger partial charge in [0.05, 0.1) is 0 Å². The van der Waals surface area contributed by atoms with Crippen LogP contribution in [-0.4, -0.2) is 36.3 Å². The Morgan fingerprint density at radius 2 is 1.78 bits per heavy atom. The number of nitrogens with zero attached hydrogens (tertiary/aromatic N) is 1. The van der Waals surface area contributed by atoms with E-state index in [-0.39, 0.29) is 24.1 Å². The molecular formula is C21H24ClFN2O2. The predicted molar refractivity (Wildman–Crippen MR) is 105 cm³/mol. The van der Waals surface area contributed by atoms with Gasteiger partial charge in [-0.1, -0.05) is 35.9 Å². The van der Waals surface area contributed by atoms with Crippen molar-refractivity contribution in [1.29, 1.82) is 0 Å². The zero-order chi connectivity index (χ0) is 19.6. The Bertz CT molecular complexity index is 765. The Kier molecular flexibility index (Phi) is 8.27. The second-order valence-electron chi connectivity index (χ2n) is 6.36. The van der Waals surface area contributed by atoms with Crippen LogP contribution in [0.15, 0.2) is 48.5 Å². The van der Waals surface area contributed by atoms with Gasteiger partial charge in [-0.2, -0.15) is 0 Å². The first-order chi connectivity index (χ1) is 12.9. The Hall–Kier alpha value is -2.40. The molecule has 0 aromatic heterocycles. The van der Waals surface area contributed by atoms with Gasteiger partial charge in [0.1, 0.15) is 5.82 Å². The summed E-state index contributed by atoms with van der Waals surface area (Å²) in [5.74, 6) is -0.438. The third kappa shape index (κ3) is 7.79. The van der Waals surface area contributed by atoms with Crippen molar-refractivity contribution in [2.45, 2.75) is 26.2 Å².